The number of hydrogen-bond acceptors (Lipinski definition) is 2. The molecule has 156 valence electrons. The number of rotatable bonds is 7. The third-order valence-electron chi connectivity index (χ3n) is 5.56. The number of aryl methyl sites for hydroxylation is 2. The monoisotopic (exact) mass is 396 g/mol. The molecule has 4 heteroatoms. The summed E-state index contributed by atoms with van der Waals surface area (Å²) >= 11 is 0. The Morgan fingerprint density at radius 2 is 1.34 bits per heavy atom. The number of hydrogen-bond donors (Lipinski definition) is 2. The maximum absolute atomic E-state index is 12.2. The second-order valence-electron chi connectivity index (χ2n) is 8.72. The number of carbonyl (C=O) groups is 2. The fourth-order valence-corrected chi connectivity index (χ4v) is 4.10. The topological polar surface area (TPSA) is 74.6 Å². The molecule has 0 bridgehead atoms. The molecule has 2 rings (SSSR count). The minimum Gasteiger partial charge on any atom is -0.478 e. The van der Waals surface area contributed by atoms with E-state index >= 15 is 0 Å². The lowest BCUT2D eigenvalue weighted by atomic mass is 9.81. The maximum Gasteiger partial charge on any atom is 0.336 e. The fourth-order valence-electron chi connectivity index (χ4n) is 4.10. The van der Waals surface area contributed by atoms with Crippen LogP contribution in [-0.4, -0.2) is 22.2 Å². The Hall–Kier alpha value is -2.62. The van der Waals surface area contributed by atoms with Gasteiger partial charge in [-0.05, 0) is 65.8 Å². The summed E-state index contributed by atoms with van der Waals surface area (Å²) in [7, 11) is 0. The first-order chi connectivity index (χ1) is 13.4. The highest BCUT2D eigenvalue weighted by Crippen LogP contribution is 2.34. The molecule has 0 aromatic heterocycles. The smallest absolute Gasteiger partial charge is 0.336 e. The van der Waals surface area contributed by atoms with Crippen molar-refractivity contribution in [1.82, 2.24) is 0 Å². The third-order valence-corrected chi connectivity index (χ3v) is 5.56. The third kappa shape index (κ3) is 4.87. The molecule has 0 aliphatic heterocycles. The minimum atomic E-state index is -0.943. The summed E-state index contributed by atoms with van der Waals surface area (Å²) < 4.78 is 0. The first kappa shape index (κ1) is 22.7. The van der Waals surface area contributed by atoms with Crippen molar-refractivity contribution in [2.75, 3.05) is 0 Å². The highest BCUT2D eigenvalue weighted by Gasteiger charge is 2.25. The molecule has 0 spiro atoms. The van der Waals surface area contributed by atoms with E-state index in [1.165, 1.54) is 0 Å². The minimum absolute atomic E-state index is 0.0848. The Labute approximate surface area is 173 Å². The van der Waals surface area contributed by atoms with Gasteiger partial charge in [-0.15, -0.1) is 0 Å². The van der Waals surface area contributed by atoms with E-state index in [0.717, 1.165) is 33.4 Å². The second kappa shape index (κ2) is 8.81. The second-order valence-corrected chi connectivity index (χ2v) is 8.72. The fraction of sp³-hybridized carbons (Fsp3) is 0.440. The average molecular weight is 397 g/mol. The van der Waals surface area contributed by atoms with Gasteiger partial charge < -0.3 is 10.2 Å². The molecule has 2 aromatic carbocycles. The lowest BCUT2D eigenvalue weighted by molar-refractivity contribution is 0.0682. The van der Waals surface area contributed by atoms with Crippen molar-refractivity contribution in [2.24, 2.45) is 0 Å². The Bertz CT molecular complexity index is 938. The van der Waals surface area contributed by atoms with E-state index in [1.54, 1.807) is 0 Å². The Balaban J connectivity index is 2.66. The zero-order chi connectivity index (χ0) is 22.0. The van der Waals surface area contributed by atoms with Crippen molar-refractivity contribution in [1.29, 1.82) is 0 Å². The van der Waals surface area contributed by atoms with E-state index in [2.05, 4.69) is 13.8 Å². The van der Waals surface area contributed by atoms with Crippen molar-refractivity contribution < 1.29 is 19.8 Å². The van der Waals surface area contributed by atoms with Crippen LogP contribution in [0.5, 0.6) is 0 Å². The molecule has 0 radical (unpaired) electrons. The van der Waals surface area contributed by atoms with E-state index < -0.39 is 11.9 Å². The Kier molecular flexibility index (Phi) is 6.89. The van der Waals surface area contributed by atoms with Crippen molar-refractivity contribution in [3.05, 3.63) is 68.8 Å². The summed E-state index contributed by atoms with van der Waals surface area (Å²) in [4.78, 5) is 24.0. The van der Waals surface area contributed by atoms with E-state index in [-0.39, 0.29) is 17.8 Å². The Morgan fingerprint density at radius 1 is 0.793 bits per heavy atom. The number of carboxylic acid groups (broad SMARTS) is 2. The quantitative estimate of drug-likeness (QED) is 0.576. The van der Waals surface area contributed by atoms with E-state index in [0.29, 0.717) is 17.5 Å². The molecule has 2 aromatic rings. The van der Waals surface area contributed by atoms with Crippen LogP contribution in [0.4, 0.5) is 0 Å². The molecule has 0 fully saturated rings. The van der Waals surface area contributed by atoms with Crippen LogP contribution in [0.2, 0.25) is 0 Å². The normalized spacial score (nSPS) is 12.4. The number of benzene rings is 2. The zero-order valence-electron chi connectivity index (χ0n) is 18.5. The van der Waals surface area contributed by atoms with E-state index in [9.17, 15) is 19.8 Å². The summed E-state index contributed by atoms with van der Waals surface area (Å²) in [6, 6.07) is 7.78. The molecule has 0 saturated carbocycles. The van der Waals surface area contributed by atoms with Gasteiger partial charge in [0.15, 0.2) is 0 Å². The largest absolute Gasteiger partial charge is 0.478 e. The standard InChI is InChI=1S/C25H32O4/c1-13(2)18-11-20(14(3)4)23(25(28)29)21(12-18)16(6)10-19-9-15(5)8-17(7)22(19)24(26)27/h8-9,11-14,16H,10H2,1-7H3,(H,26,27)(H,28,29). The lowest BCUT2D eigenvalue weighted by Crippen LogP contribution is -2.15. The first-order valence-electron chi connectivity index (χ1n) is 10.2. The highest BCUT2D eigenvalue weighted by atomic mass is 16.4. The van der Waals surface area contributed by atoms with Gasteiger partial charge in [0.05, 0.1) is 11.1 Å². The molecule has 4 nitrogen and oxygen atoms in total. The molecule has 29 heavy (non-hydrogen) atoms. The molecule has 0 amide bonds. The summed E-state index contributed by atoms with van der Waals surface area (Å²) in [5.41, 5.74) is 5.90. The van der Waals surface area contributed by atoms with Crippen LogP contribution in [0.25, 0.3) is 0 Å². The van der Waals surface area contributed by atoms with Crippen molar-refractivity contribution in [2.45, 2.75) is 72.6 Å². The predicted octanol–water partition coefficient (Wildman–Crippen LogP) is 6.29. The van der Waals surface area contributed by atoms with Crippen LogP contribution < -0.4 is 0 Å². The van der Waals surface area contributed by atoms with Gasteiger partial charge in [-0.25, -0.2) is 9.59 Å². The molecule has 1 unspecified atom stereocenters. The predicted molar refractivity (Wildman–Crippen MR) is 117 cm³/mol. The molecule has 0 aliphatic rings. The molecule has 0 saturated heterocycles. The lowest BCUT2D eigenvalue weighted by Gasteiger charge is -2.23. The van der Waals surface area contributed by atoms with Gasteiger partial charge in [0.2, 0.25) is 0 Å². The zero-order valence-corrected chi connectivity index (χ0v) is 18.5. The van der Waals surface area contributed by atoms with Crippen LogP contribution >= 0.6 is 0 Å². The average Bonchev–Trinajstić information content (AvgIpc) is 2.59. The summed E-state index contributed by atoms with van der Waals surface area (Å²) in [6.45, 7) is 14.0. The van der Waals surface area contributed by atoms with Crippen molar-refractivity contribution in [3.8, 4) is 0 Å². The van der Waals surface area contributed by atoms with E-state index in [1.807, 2.05) is 58.9 Å². The highest BCUT2D eigenvalue weighted by molar-refractivity contribution is 5.92. The van der Waals surface area contributed by atoms with E-state index in [4.69, 9.17) is 0 Å². The van der Waals surface area contributed by atoms with Gasteiger partial charge in [0, 0.05) is 0 Å². The van der Waals surface area contributed by atoms with Crippen LogP contribution in [0.1, 0.15) is 106 Å². The summed E-state index contributed by atoms with van der Waals surface area (Å²) in [5.74, 6) is -1.64. The summed E-state index contributed by atoms with van der Waals surface area (Å²) in [5, 5.41) is 19.7. The molecule has 0 aliphatic carbocycles. The molecule has 2 N–H and O–H groups in total. The van der Waals surface area contributed by atoms with Crippen LogP contribution in [-0.2, 0) is 6.42 Å². The molecular weight excluding hydrogens is 364 g/mol. The SMILES string of the molecule is Cc1cc(C)c(C(=O)O)c(CC(C)c2cc(C(C)C)cc(C(C)C)c2C(=O)O)c1. The maximum atomic E-state index is 12.2. The van der Waals surface area contributed by atoms with Gasteiger partial charge in [0.25, 0.3) is 0 Å². The number of aromatic carboxylic acids is 2. The van der Waals surface area contributed by atoms with Gasteiger partial charge in [0.1, 0.15) is 0 Å². The van der Waals surface area contributed by atoms with Gasteiger partial charge >= 0.3 is 11.9 Å². The van der Waals surface area contributed by atoms with Crippen molar-refractivity contribution >= 4 is 11.9 Å². The Morgan fingerprint density at radius 3 is 1.83 bits per heavy atom. The van der Waals surface area contributed by atoms with Gasteiger partial charge in [-0.1, -0.05) is 64.4 Å². The van der Waals surface area contributed by atoms with Gasteiger partial charge in [-0.2, -0.15) is 0 Å². The van der Waals surface area contributed by atoms with Gasteiger partial charge in [-0.3, -0.25) is 0 Å². The summed E-state index contributed by atoms with van der Waals surface area (Å²) in [6.07, 6.45) is 0.476. The number of carboxylic acids is 2. The van der Waals surface area contributed by atoms with Crippen LogP contribution in [0, 0.1) is 13.8 Å². The first-order valence-corrected chi connectivity index (χ1v) is 10.2. The molecule has 0 heterocycles. The molecular formula is C25H32O4. The van der Waals surface area contributed by atoms with Crippen molar-refractivity contribution in [3.63, 3.8) is 0 Å². The van der Waals surface area contributed by atoms with Crippen LogP contribution in [0.3, 0.4) is 0 Å². The molecule has 1 atom stereocenters. The van der Waals surface area contributed by atoms with Crippen LogP contribution in [0.15, 0.2) is 24.3 Å².